The first-order chi connectivity index (χ1) is 11.7. The quantitative estimate of drug-likeness (QED) is 0.753. The lowest BCUT2D eigenvalue weighted by Crippen LogP contribution is -2.30. The summed E-state index contributed by atoms with van der Waals surface area (Å²) >= 11 is 0. The summed E-state index contributed by atoms with van der Waals surface area (Å²) < 4.78 is 11.2. The Morgan fingerprint density at radius 3 is 2.67 bits per heavy atom. The fraction of sp³-hybridized carbons (Fsp3) is 0.167. The van der Waals surface area contributed by atoms with Crippen LogP contribution in [0.25, 0.3) is 11.4 Å². The molecule has 2 aromatic heterocycles. The molecule has 0 radical (unpaired) electrons. The minimum Gasteiger partial charge on any atom is -0.466 e. The third-order valence-electron chi connectivity index (χ3n) is 4.08. The van der Waals surface area contributed by atoms with Gasteiger partial charge in [0.25, 0.3) is 0 Å². The van der Waals surface area contributed by atoms with Crippen LogP contribution in [0.4, 0.5) is 0 Å². The van der Waals surface area contributed by atoms with Crippen LogP contribution < -0.4 is 4.74 Å². The molecule has 0 saturated heterocycles. The number of aromatic amines is 1. The standard InChI is InChI=1S/C18H14N4O2/c1-10-7-8-13(23-10)14-12(9-19)16(20)24-18-15(14)21-17(22-18)11-5-3-2-4-6-11/h2-8,12,14,20H,1H3,(H,21,22). The first-order valence-corrected chi connectivity index (χ1v) is 7.55. The molecule has 2 N–H and O–H groups in total. The van der Waals surface area contributed by atoms with E-state index in [1.54, 1.807) is 0 Å². The van der Waals surface area contributed by atoms with Gasteiger partial charge in [0, 0.05) is 5.56 Å². The number of ether oxygens (including phenoxy) is 1. The highest BCUT2D eigenvalue weighted by Gasteiger charge is 2.41. The van der Waals surface area contributed by atoms with Crippen molar-refractivity contribution in [3.05, 3.63) is 59.7 Å². The molecule has 3 heterocycles. The SMILES string of the molecule is Cc1ccc(C2c3[nH]c(-c4ccccc4)nc3OC(=N)C2C#N)o1. The van der Waals surface area contributed by atoms with Crippen molar-refractivity contribution >= 4 is 5.90 Å². The molecule has 24 heavy (non-hydrogen) atoms. The summed E-state index contributed by atoms with van der Waals surface area (Å²) in [5.41, 5.74) is 1.57. The maximum Gasteiger partial charge on any atom is 0.243 e. The lowest BCUT2D eigenvalue weighted by atomic mass is 9.86. The van der Waals surface area contributed by atoms with Gasteiger partial charge in [-0.3, -0.25) is 5.41 Å². The van der Waals surface area contributed by atoms with Gasteiger partial charge in [0.05, 0.1) is 17.7 Å². The number of hydrogen-bond donors (Lipinski definition) is 2. The zero-order chi connectivity index (χ0) is 16.7. The third kappa shape index (κ3) is 2.18. The largest absolute Gasteiger partial charge is 0.466 e. The predicted octanol–water partition coefficient (Wildman–Crippen LogP) is 3.62. The van der Waals surface area contributed by atoms with Gasteiger partial charge in [0.1, 0.15) is 23.3 Å². The minimum absolute atomic E-state index is 0.116. The van der Waals surface area contributed by atoms with Crippen LogP contribution in [0.3, 0.4) is 0 Å². The van der Waals surface area contributed by atoms with Crippen LogP contribution in [-0.4, -0.2) is 15.9 Å². The molecule has 6 heteroatoms. The van der Waals surface area contributed by atoms with Gasteiger partial charge in [-0.05, 0) is 19.1 Å². The Morgan fingerprint density at radius 2 is 2.00 bits per heavy atom. The van der Waals surface area contributed by atoms with Crippen LogP contribution >= 0.6 is 0 Å². The second kappa shape index (κ2) is 5.39. The smallest absolute Gasteiger partial charge is 0.243 e. The summed E-state index contributed by atoms with van der Waals surface area (Å²) in [6, 6.07) is 15.5. The van der Waals surface area contributed by atoms with E-state index in [9.17, 15) is 5.26 Å². The average molecular weight is 318 g/mol. The number of fused-ring (bicyclic) bond motifs is 1. The highest BCUT2D eigenvalue weighted by molar-refractivity contribution is 5.84. The Balaban J connectivity index is 1.86. The van der Waals surface area contributed by atoms with Crippen molar-refractivity contribution in [3.8, 4) is 23.3 Å². The summed E-state index contributed by atoms with van der Waals surface area (Å²) in [5.74, 6) is 1.03. The van der Waals surface area contributed by atoms with E-state index in [0.717, 1.165) is 11.3 Å². The topological polar surface area (TPSA) is 98.7 Å². The fourth-order valence-electron chi connectivity index (χ4n) is 2.94. The normalized spacial score (nSPS) is 19.4. The molecule has 3 aromatic rings. The molecule has 1 aromatic carbocycles. The van der Waals surface area contributed by atoms with E-state index >= 15 is 0 Å². The maximum atomic E-state index is 9.50. The number of rotatable bonds is 2. The molecule has 1 aliphatic rings. The summed E-state index contributed by atoms with van der Waals surface area (Å²) in [6.07, 6.45) is 0. The molecule has 0 bridgehead atoms. The van der Waals surface area contributed by atoms with Crippen LogP contribution in [0, 0.1) is 29.6 Å². The highest BCUT2D eigenvalue weighted by atomic mass is 16.5. The number of imidazole rings is 1. The van der Waals surface area contributed by atoms with Gasteiger partial charge in [0.2, 0.25) is 11.8 Å². The van der Waals surface area contributed by atoms with Crippen LogP contribution in [0.15, 0.2) is 46.9 Å². The van der Waals surface area contributed by atoms with E-state index in [-0.39, 0.29) is 5.90 Å². The van der Waals surface area contributed by atoms with Crippen LogP contribution in [0.5, 0.6) is 5.88 Å². The Hall–Kier alpha value is -3.33. The minimum atomic E-state index is -0.757. The molecule has 0 amide bonds. The summed E-state index contributed by atoms with van der Waals surface area (Å²) in [7, 11) is 0. The lowest BCUT2D eigenvalue weighted by molar-refractivity contribution is 0.389. The van der Waals surface area contributed by atoms with Gasteiger partial charge in [-0.1, -0.05) is 30.3 Å². The van der Waals surface area contributed by atoms with Gasteiger partial charge in [-0.25, -0.2) is 0 Å². The number of nitrogens with zero attached hydrogens (tertiary/aromatic N) is 2. The van der Waals surface area contributed by atoms with E-state index in [4.69, 9.17) is 14.6 Å². The Labute approximate surface area is 138 Å². The average Bonchev–Trinajstić information content (AvgIpc) is 3.20. The van der Waals surface area contributed by atoms with E-state index in [2.05, 4.69) is 16.0 Å². The van der Waals surface area contributed by atoms with Crippen LogP contribution in [0.2, 0.25) is 0 Å². The first kappa shape index (κ1) is 14.3. The van der Waals surface area contributed by atoms with Gasteiger partial charge in [0.15, 0.2) is 0 Å². The van der Waals surface area contributed by atoms with Gasteiger partial charge < -0.3 is 14.1 Å². The monoisotopic (exact) mass is 318 g/mol. The fourth-order valence-corrected chi connectivity index (χ4v) is 2.94. The van der Waals surface area contributed by atoms with Crippen LogP contribution in [0.1, 0.15) is 23.1 Å². The summed E-state index contributed by atoms with van der Waals surface area (Å²) in [6.45, 7) is 1.85. The Morgan fingerprint density at radius 1 is 1.21 bits per heavy atom. The lowest BCUT2D eigenvalue weighted by Gasteiger charge is -2.24. The van der Waals surface area contributed by atoms with Crippen molar-refractivity contribution in [2.75, 3.05) is 0 Å². The molecular weight excluding hydrogens is 304 g/mol. The molecule has 2 unspecified atom stereocenters. The van der Waals surface area contributed by atoms with Crippen molar-refractivity contribution in [1.29, 1.82) is 10.7 Å². The van der Waals surface area contributed by atoms with Crippen LogP contribution in [-0.2, 0) is 0 Å². The van der Waals surface area contributed by atoms with Crippen molar-refractivity contribution in [3.63, 3.8) is 0 Å². The number of nitriles is 1. The second-order valence-corrected chi connectivity index (χ2v) is 5.67. The van der Waals surface area contributed by atoms with Gasteiger partial charge in [-0.15, -0.1) is 0 Å². The molecular formula is C18H14N4O2. The molecule has 0 aliphatic carbocycles. The van der Waals surface area contributed by atoms with E-state index in [1.165, 1.54) is 0 Å². The molecule has 0 spiro atoms. The number of hydrogen-bond acceptors (Lipinski definition) is 5. The molecule has 118 valence electrons. The zero-order valence-corrected chi connectivity index (χ0v) is 12.9. The third-order valence-corrected chi connectivity index (χ3v) is 4.08. The molecule has 0 saturated carbocycles. The first-order valence-electron chi connectivity index (χ1n) is 7.55. The number of H-pyrrole nitrogens is 1. The molecule has 0 fully saturated rings. The Kier molecular flexibility index (Phi) is 3.21. The number of furan rings is 1. The molecule has 6 nitrogen and oxygen atoms in total. The van der Waals surface area contributed by atoms with Crippen molar-refractivity contribution < 1.29 is 9.15 Å². The van der Waals surface area contributed by atoms with Crippen molar-refractivity contribution in [2.24, 2.45) is 5.92 Å². The molecule has 1 aliphatic heterocycles. The highest BCUT2D eigenvalue weighted by Crippen LogP contribution is 2.42. The number of aryl methyl sites for hydroxylation is 1. The molecule has 2 atom stereocenters. The van der Waals surface area contributed by atoms with E-state index in [0.29, 0.717) is 23.2 Å². The Bertz CT molecular complexity index is 949. The summed E-state index contributed by atoms with van der Waals surface area (Å²) in [5, 5.41) is 17.5. The van der Waals surface area contributed by atoms with Crippen molar-refractivity contribution in [1.82, 2.24) is 9.97 Å². The second-order valence-electron chi connectivity index (χ2n) is 5.67. The zero-order valence-electron chi connectivity index (χ0n) is 12.9. The maximum absolute atomic E-state index is 9.50. The number of nitrogens with one attached hydrogen (secondary N) is 2. The van der Waals surface area contributed by atoms with Gasteiger partial charge >= 0.3 is 0 Å². The number of aromatic nitrogens is 2. The van der Waals surface area contributed by atoms with Crippen molar-refractivity contribution in [2.45, 2.75) is 12.8 Å². The van der Waals surface area contributed by atoms with Gasteiger partial charge in [-0.2, -0.15) is 10.2 Å². The summed E-state index contributed by atoms with van der Waals surface area (Å²) in [4.78, 5) is 7.70. The molecule has 4 rings (SSSR count). The van der Waals surface area contributed by atoms with E-state index in [1.807, 2.05) is 49.4 Å². The predicted molar refractivity (Wildman–Crippen MR) is 86.8 cm³/mol. The number of benzene rings is 1. The van der Waals surface area contributed by atoms with E-state index < -0.39 is 11.8 Å².